The van der Waals surface area contributed by atoms with Crippen LogP contribution in [0.2, 0.25) is 5.02 Å². The van der Waals surface area contributed by atoms with E-state index in [4.69, 9.17) is 11.6 Å². The Bertz CT molecular complexity index is 748. The van der Waals surface area contributed by atoms with Gasteiger partial charge in [-0.2, -0.15) is 0 Å². The number of halogens is 3. The normalized spacial score (nSPS) is 11.4. The average Bonchev–Trinajstić information content (AvgIpc) is 2.41. The first-order chi connectivity index (χ1) is 9.86. The summed E-state index contributed by atoms with van der Waals surface area (Å²) in [6.07, 6.45) is 0. The van der Waals surface area contributed by atoms with Crippen LogP contribution in [-0.4, -0.2) is 15.0 Å². The van der Waals surface area contributed by atoms with Gasteiger partial charge in [-0.05, 0) is 49.4 Å². The van der Waals surface area contributed by atoms with Crippen LogP contribution >= 0.6 is 11.6 Å². The summed E-state index contributed by atoms with van der Waals surface area (Å²) >= 11 is 5.62. The first-order valence-corrected chi connectivity index (χ1v) is 7.91. The smallest absolute Gasteiger partial charge is 0.267 e. The first-order valence-electron chi connectivity index (χ1n) is 6.09. The fourth-order valence-electron chi connectivity index (χ4n) is 1.90. The van der Waals surface area contributed by atoms with Gasteiger partial charge >= 0.3 is 0 Å². The zero-order chi connectivity index (χ0) is 15.6. The first kappa shape index (κ1) is 15.7. The van der Waals surface area contributed by atoms with E-state index in [0.29, 0.717) is 0 Å². The van der Waals surface area contributed by atoms with Gasteiger partial charge in [-0.15, -0.1) is 0 Å². The van der Waals surface area contributed by atoms with Crippen molar-refractivity contribution in [1.29, 1.82) is 0 Å². The Balaban J connectivity index is 2.51. The lowest BCUT2D eigenvalue weighted by atomic mass is 10.3. The highest BCUT2D eigenvalue weighted by Gasteiger charge is 2.26. The molecule has 0 atom stereocenters. The van der Waals surface area contributed by atoms with Crippen LogP contribution in [0.5, 0.6) is 0 Å². The molecule has 2 aromatic rings. The third-order valence-electron chi connectivity index (χ3n) is 2.86. The van der Waals surface area contributed by atoms with Crippen LogP contribution in [0.1, 0.15) is 6.92 Å². The summed E-state index contributed by atoms with van der Waals surface area (Å²) in [4.78, 5) is -0.474. The standard InChI is InChI=1S/C14H12ClF2NO2S/c1-2-18(12-6-4-11(16)5-7-12)21(19,20)14-8-3-10(15)9-13(14)17/h3-9H,2H2,1H3. The van der Waals surface area contributed by atoms with Gasteiger partial charge < -0.3 is 0 Å². The molecule has 0 aliphatic heterocycles. The quantitative estimate of drug-likeness (QED) is 0.853. The molecule has 0 heterocycles. The average molecular weight is 332 g/mol. The maximum absolute atomic E-state index is 13.9. The SMILES string of the molecule is CCN(c1ccc(F)cc1)S(=O)(=O)c1ccc(Cl)cc1F. The monoisotopic (exact) mass is 331 g/mol. The Labute approximate surface area is 126 Å². The molecule has 0 radical (unpaired) electrons. The molecule has 0 aromatic heterocycles. The molecule has 2 rings (SSSR count). The number of rotatable bonds is 4. The molecule has 0 aliphatic carbocycles. The van der Waals surface area contributed by atoms with Crippen molar-refractivity contribution in [3.63, 3.8) is 0 Å². The van der Waals surface area contributed by atoms with Crippen molar-refractivity contribution in [2.24, 2.45) is 0 Å². The number of sulfonamides is 1. The molecular weight excluding hydrogens is 320 g/mol. The van der Waals surface area contributed by atoms with E-state index in [2.05, 4.69) is 0 Å². The van der Waals surface area contributed by atoms with E-state index >= 15 is 0 Å². The number of nitrogens with zero attached hydrogens (tertiary/aromatic N) is 1. The Morgan fingerprint density at radius 1 is 1.10 bits per heavy atom. The Morgan fingerprint density at radius 2 is 1.71 bits per heavy atom. The van der Waals surface area contributed by atoms with E-state index in [1.54, 1.807) is 6.92 Å². The van der Waals surface area contributed by atoms with E-state index in [1.165, 1.54) is 18.2 Å². The van der Waals surface area contributed by atoms with Crippen molar-refractivity contribution in [2.45, 2.75) is 11.8 Å². The largest absolute Gasteiger partial charge is 0.267 e. The number of benzene rings is 2. The Kier molecular flexibility index (Phi) is 4.49. The van der Waals surface area contributed by atoms with Crippen LogP contribution in [0, 0.1) is 11.6 Å². The molecule has 7 heteroatoms. The van der Waals surface area contributed by atoms with Gasteiger partial charge in [0, 0.05) is 11.6 Å². The zero-order valence-corrected chi connectivity index (χ0v) is 12.6. The lowest BCUT2D eigenvalue weighted by molar-refractivity contribution is 0.564. The number of hydrogen-bond acceptors (Lipinski definition) is 2. The van der Waals surface area contributed by atoms with Gasteiger partial charge in [0.1, 0.15) is 16.5 Å². The van der Waals surface area contributed by atoms with Crippen molar-refractivity contribution in [2.75, 3.05) is 10.8 Å². The highest BCUT2D eigenvalue weighted by atomic mass is 35.5. The molecule has 0 spiro atoms. The summed E-state index contributed by atoms with van der Waals surface area (Å²) in [5, 5.41) is 0.108. The second-order valence-corrected chi connectivity index (χ2v) is 6.49. The summed E-state index contributed by atoms with van der Waals surface area (Å²) in [5.41, 5.74) is 0.258. The summed E-state index contributed by atoms with van der Waals surface area (Å²) in [6, 6.07) is 8.29. The van der Waals surface area contributed by atoms with Crippen molar-refractivity contribution in [1.82, 2.24) is 0 Å². The lowest BCUT2D eigenvalue weighted by Crippen LogP contribution is -2.31. The molecular formula is C14H12ClF2NO2S. The van der Waals surface area contributed by atoms with Gasteiger partial charge in [-0.1, -0.05) is 11.6 Å². The molecule has 0 fully saturated rings. The van der Waals surface area contributed by atoms with Crippen LogP contribution < -0.4 is 4.31 Å². The minimum atomic E-state index is -4.09. The van der Waals surface area contributed by atoms with Gasteiger partial charge in [-0.25, -0.2) is 17.2 Å². The highest BCUT2D eigenvalue weighted by molar-refractivity contribution is 7.92. The van der Waals surface area contributed by atoms with Crippen LogP contribution in [0.4, 0.5) is 14.5 Å². The highest BCUT2D eigenvalue weighted by Crippen LogP contribution is 2.26. The molecule has 0 unspecified atom stereocenters. The van der Waals surface area contributed by atoms with Gasteiger partial charge in [0.25, 0.3) is 10.0 Å². The molecule has 0 aliphatic rings. The molecule has 0 N–H and O–H groups in total. The van der Waals surface area contributed by atoms with Gasteiger partial charge in [0.2, 0.25) is 0 Å². The summed E-state index contributed by atoms with van der Waals surface area (Å²) in [7, 11) is -4.09. The maximum atomic E-state index is 13.9. The third-order valence-corrected chi connectivity index (χ3v) is 5.04. The number of hydrogen-bond donors (Lipinski definition) is 0. The minimum absolute atomic E-state index is 0.0794. The van der Waals surface area contributed by atoms with Crippen LogP contribution in [0.25, 0.3) is 0 Å². The van der Waals surface area contributed by atoms with Crippen molar-refractivity contribution in [3.8, 4) is 0 Å². The Morgan fingerprint density at radius 3 is 2.24 bits per heavy atom. The van der Waals surface area contributed by atoms with E-state index in [-0.39, 0.29) is 17.3 Å². The van der Waals surface area contributed by atoms with Crippen molar-refractivity contribution in [3.05, 3.63) is 59.1 Å². The van der Waals surface area contributed by atoms with E-state index in [0.717, 1.165) is 28.6 Å². The fraction of sp³-hybridized carbons (Fsp3) is 0.143. The van der Waals surface area contributed by atoms with Crippen molar-refractivity contribution < 1.29 is 17.2 Å². The van der Waals surface area contributed by atoms with Gasteiger partial charge in [0.15, 0.2) is 0 Å². The molecule has 0 amide bonds. The second kappa shape index (κ2) is 5.99. The summed E-state index contributed by atoms with van der Waals surface area (Å²) in [6.45, 7) is 1.69. The second-order valence-electron chi connectivity index (χ2n) is 4.22. The summed E-state index contributed by atoms with van der Waals surface area (Å²) < 4.78 is 52.9. The molecule has 21 heavy (non-hydrogen) atoms. The van der Waals surface area contributed by atoms with Crippen LogP contribution in [-0.2, 0) is 10.0 Å². The summed E-state index contributed by atoms with van der Waals surface area (Å²) in [5.74, 6) is -1.41. The maximum Gasteiger partial charge on any atom is 0.267 e. The molecule has 2 aromatic carbocycles. The van der Waals surface area contributed by atoms with E-state index < -0.39 is 26.6 Å². The van der Waals surface area contributed by atoms with Gasteiger partial charge in [-0.3, -0.25) is 4.31 Å². The van der Waals surface area contributed by atoms with Crippen LogP contribution in [0.3, 0.4) is 0 Å². The Hall–Kier alpha value is -1.66. The number of anilines is 1. The predicted molar refractivity (Wildman–Crippen MR) is 78.0 cm³/mol. The zero-order valence-electron chi connectivity index (χ0n) is 11.1. The predicted octanol–water partition coefficient (Wildman–Crippen LogP) is 3.83. The lowest BCUT2D eigenvalue weighted by Gasteiger charge is -2.23. The molecule has 0 bridgehead atoms. The molecule has 3 nitrogen and oxygen atoms in total. The third kappa shape index (κ3) is 3.16. The van der Waals surface area contributed by atoms with E-state index in [1.807, 2.05) is 0 Å². The van der Waals surface area contributed by atoms with Crippen LogP contribution in [0.15, 0.2) is 47.4 Å². The van der Waals surface area contributed by atoms with Crippen molar-refractivity contribution >= 4 is 27.3 Å². The fourth-order valence-corrected chi connectivity index (χ4v) is 3.58. The van der Waals surface area contributed by atoms with Gasteiger partial charge in [0.05, 0.1) is 5.69 Å². The molecule has 112 valence electrons. The molecule has 0 saturated carbocycles. The molecule has 0 saturated heterocycles. The topological polar surface area (TPSA) is 37.4 Å². The minimum Gasteiger partial charge on any atom is -0.267 e. The van der Waals surface area contributed by atoms with E-state index in [9.17, 15) is 17.2 Å².